The third kappa shape index (κ3) is 4.16. The second-order valence-corrected chi connectivity index (χ2v) is 6.68. The van der Waals surface area contributed by atoms with Crippen molar-refractivity contribution in [2.24, 2.45) is 5.41 Å². The van der Waals surface area contributed by atoms with Gasteiger partial charge in [-0.2, -0.15) is 0 Å². The molecule has 1 atom stereocenters. The standard InChI is InChI=1S/C18H30N2O3/c1-5-23-16-12-14(6-7-15(16)22-4)17(18(2,3)13-21)20-10-8-19-9-11-20/h6-7,12,17,19,21H,5,8-11,13H2,1-4H3/t17-/m1/s1. The molecule has 1 fully saturated rings. The maximum absolute atomic E-state index is 9.93. The van der Waals surface area contributed by atoms with E-state index in [2.05, 4.69) is 36.2 Å². The van der Waals surface area contributed by atoms with Gasteiger partial charge < -0.3 is 19.9 Å². The molecule has 0 amide bonds. The number of hydrogen-bond acceptors (Lipinski definition) is 5. The van der Waals surface area contributed by atoms with Crippen LogP contribution >= 0.6 is 0 Å². The van der Waals surface area contributed by atoms with Crippen LogP contribution in [0, 0.1) is 5.41 Å². The Morgan fingerprint density at radius 1 is 1.26 bits per heavy atom. The minimum atomic E-state index is -0.241. The van der Waals surface area contributed by atoms with E-state index in [0.717, 1.165) is 43.2 Å². The monoisotopic (exact) mass is 322 g/mol. The molecule has 1 aliphatic rings. The van der Waals surface area contributed by atoms with Gasteiger partial charge in [-0.15, -0.1) is 0 Å². The highest BCUT2D eigenvalue weighted by Gasteiger charge is 2.36. The molecule has 0 radical (unpaired) electrons. The van der Waals surface area contributed by atoms with Crippen LogP contribution in [0.1, 0.15) is 32.4 Å². The van der Waals surface area contributed by atoms with Crippen LogP contribution in [0.3, 0.4) is 0 Å². The lowest BCUT2D eigenvalue weighted by Crippen LogP contribution is -2.49. The summed E-state index contributed by atoms with van der Waals surface area (Å²) < 4.78 is 11.1. The minimum absolute atomic E-state index is 0.137. The number of nitrogens with one attached hydrogen (secondary N) is 1. The highest BCUT2D eigenvalue weighted by Crippen LogP contribution is 2.41. The number of hydrogen-bond donors (Lipinski definition) is 2. The SMILES string of the molecule is CCOc1cc([C@@H](N2CCNCC2)C(C)(C)CO)ccc1OC. The molecule has 130 valence electrons. The van der Waals surface area contributed by atoms with Crippen molar-refractivity contribution in [1.29, 1.82) is 0 Å². The zero-order chi connectivity index (χ0) is 16.9. The third-order valence-corrected chi connectivity index (χ3v) is 4.47. The average Bonchev–Trinajstić information content (AvgIpc) is 2.56. The number of rotatable bonds is 7. The fraction of sp³-hybridized carbons (Fsp3) is 0.667. The van der Waals surface area contributed by atoms with E-state index in [0.29, 0.717) is 6.61 Å². The Bertz CT molecular complexity index is 499. The first-order valence-electron chi connectivity index (χ1n) is 8.40. The van der Waals surface area contributed by atoms with Gasteiger partial charge in [0, 0.05) is 44.2 Å². The van der Waals surface area contributed by atoms with E-state index in [1.54, 1.807) is 7.11 Å². The van der Waals surface area contributed by atoms with Gasteiger partial charge in [-0.1, -0.05) is 19.9 Å². The summed E-state index contributed by atoms with van der Waals surface area (Å²) in [5, 5.41) is 13.3. The summed E-state index contributed by atoms with van der Waals surface area (Å²) in [5.74, 6) is 1.51. The van der Waals surface area contributed by atoms with E-state index in [1.165, 1.54) is 0 Å². The molecule has 0 unspecified atom stereocenters. The Kier molecular flexibility index (Phi) is 6.27. The van der Waals surface area contributed by atoms with Crippen molar-refractivity contribution in [3.05, 3.63) is 23.8 Å². The third-order valence-electron chi connectivity index (χ3n) is 4.47. The first-order valence-corrected chi connectivity index (χ1v) is 8.40. The Hall–Kier alpha value is -1.30. The lowest BCUT2D eigenvalue weighted by atomic mass is 9.79. The first-order chi connectivity index (χ1) is 11.0. The zero-order valence-corrected chi connectivity index (χ0v) is 14.8. The van der Waals surface area contributed by atoms with Crippen molar-refractivity contribution < 1.29 is 14.6 Å². The van der Waals surface area contributed by atoms with Crippen LogP contribution in [0.25, 0.3) is 0 Å². The van der Waals surface area contributed by atoms with Gasteiger partial charge in [0.2, 0.25) is 0 Å². The van der Waals surface area contributed by atoms with Gasteiger partial charge in [-0.3, -0.25) is 4.90 Å². The van der Waals surface area contributed by atoms with E-state index >= 15 is 0 Å². The molecule has 1 aliphatic heterocycles. The molecule has 5 heteroatoms. The number of ether oxygens (including phenoxy) is 2. The number of aliphatic hydroxyl groups excluding tert-OH is 1. The highest BCUT2D eigenvalue weighted by molar-refractivity contribution is 5.44. The van der Waals surface area contributed by atoms with E-state index in [4.69, 9.17) is 9.47 Å². The summed E-state index contributed by atoms with van der Waals surface area (Å²) in [7, 11) is 1.66. The van der Waals surface area contributed by atoms with Crippen molar-refractivity contribution in [2.45, 2.75) is 26.8 Å². The second-order valence-electron chi connectivity index (χ2n) is 6.68. The number of aliphatic hydroxyl groups is 1. The fourth-order valence-electron chi connectivity index (χ4n) is 3.31. The smallest absolute Gasteiger partial charge is 0.161 e. The molecule has 1 aromatic rings. The van der Waals surface area contributed by atoms with E-state index in [-0.39, 0.29) is 18.1 Å². The van der Waals surface area contributed by atoms with Crippen LogP contribution in [-0.2, 0) is 0 Å². The van der Waals surface area contributed by atoms with Crippen molar-refractivity contribution in [3.8, 4) is 11.5 Å². The maximum Gasteiger partial charge on any atom is 0.161 e. The highest BCUT2D eigenvalue weighted by atomic mass is 16.5. The summed E-state index contributed by atoms with van der Waals surface area (Å²) >= 11 is 0. The molecular formula is C18H30N2O3. The van der Waals surface area contributed by atoms with Gasteiger partial charge >= 0.3 is 0 Å². The molecular weight excluding hydrogens is 292 g/mol. The quantitative estimate of drug-likeness (QED) is 0.805. The minimum Gasteiger partial charge on any atom is -0.493 e. The van der Waals surface area contributed by atoms with Crippen LogP contribution in [-0.4, -0.2) is 56.5 Å². The van der Waals surface area contributed by atoms with Crippen molar-refractivity contribution in [3.63, 3.8) is 0 Å². The Balaban J connectivity index is 2.39. The van der Waals surface area contributed by atoms with Gasteiger partial charge in [0.05, 0.1) is 13.7 Å². The Morgan fingerprint density at radius 2 is 1.96 bits per heavy atom. The Labute approximate surface area is 139 Å². The number of methoxy groups -OCH3 is 1. The van der Waals surface area contributed by atoms with E-state index in [9.17, 15) is 5.11 Å². The van der Waals surface area contributed by atoms with Crippen LogP contribution in [0.2, 0.25) is 0 Å². The molecule has 0 bridgehead atoms. The molecule has 2 rings (SSSR count). The van der Waals surface area contributed by atoms with Gasteiger partial charge in [-0.25, -0.2) is 0 Å². The topological polar surface area (TPSA) is 54.0 Å². The van der Waals surface area contributed by atoms with Gasteiger partial charge in [0.1, 0.15) is 0 Å². The predicted octanol–water partition coefficient (Wildman–Crippen LogP) is 2.06. The fourth-order valence-corrected chi connectivity index (χ4v) is 3.31. The van der Waals surface area contributed by atoms with Crippen molar-refractivity contribution in [1.82, 2.24) is 10.2 Å². The number of nitrogens with zero attached hydrogens (tertiary/aromatic N) is 1. The summed E-state index contributed by atoms with van der Waals surface area (Å²) in [4.78, 5) is 2.45. The largest absolute Gasteiger partial charge is 0.493 e. The van der Waals surface area contributed by atoms with Gasteiger partial charge in [0.25, 0.3) is 0 Å². The van der Waals surface area contributed by atoms with Crippen LogP contribution < -0.4 is 14.8 Å². The van der Waals surface area contributed by atoms with Crippen molar-refractivity contribution >= 4 is 0 Å². The lowest BCUT2D eigenvalue weighted by Gasteiger charge is -2.43. The number of benzene rings is 1. The Morgan fingerprint density at radius 3 is 2.52 bits per heavy atom. The van der Waals surface area contributed by atoms with Crippen molar-refractivity contribution in [2.75, 3.05) is 46.5 Å². The van der Waals surface area contributed by atoms with E-state index in [1.807, 2.05) is 13.0 Å². The molecule has 0 aromatic heterocycles. The molecule has 23 heavy (non-hydrogen) atoms. The number of piperazine rings is 1. The summed E-state index contributed by atoms with van der Waals surface area (Å²) in [6, 6.07) is 6.25. The molecule has 5 nitrogen and oxygen atoms in total. The molecule has 0 aliphatic carbocycles. The van der Waals surface area contributed by atoms with E-state index < -0.39 is 0 Å². The summed E-state index contributed by atoms with van der Waals surface area (Å²) in [6.07, 6.45) is 0. The van der Waals surface area contributed by atoms with Gasteiger partial charge in [0.15, 0.2) is 11.5 Å². The predicted molar refractivity (Wildman–Crippen MR) is 92.2 cm³/mol. The van der Waals surface area contributed by atoms with Crippen LogP contribution in [0.5, 0.6) is 11.5 Å². The van der Waals surface area contributed by atoms with Crippen LogP contribution in [0.15, 0.2) is 18.2 Å². The molecule has 0 spiro atoms. The lowest BCUT2D eigenvalue weighted by molar-refractivity contribution is 0.0304. The second kappa shape index (κ2) is 7.99. The molecule has 0 saturated carbocycles. The molecule has 1 heterocycles. The molecule has 1 aromatic carbocycles. The average molecular weight is 322 g/mol. The first kappa shape index (κ1) is 18.0. The molecule has 2 N–H and O–H groups in total. The maximum atomic E-state index is 9.93. The van der Waals surface area contributed by atoms with Crippen LogP contribution in [0.4, 0.5) is 0 Å². The van der Waals surface area contributed by atoms with Gasteiger partial charge in [-0.05, 0) is 24.6 Å². The molecule has 1 saturated heterocycles. The summed E-state index contributed by atoms with van der Waals surface area (Å²) in [6.45, 7) is 10.8. The summed E-state index contributed by atoms with van der Waals surface area (Å²) in [5.41, 5.74) is 0.922. The normalized spacial score (nSPS) is 17.8. The zero-order valence-electron chi connectivity index (χ0n) is 14.8.